The second-order valence-corrected chi connectivity index (χ2v) is 3.65. The molecule has 2 rings (SSSR count). The number of rotatable bonds is 2. The number of piperazine rings is 1. The van der Waals surface area contributed by atoms with Gasteiger partial charge in [0.15, 0.2) is 0 Å². The fourth-order valence-electron chi connectivity index (χ4n) is 1.72. The van der Waals surface area contributed by atoms with E-state index in [2.05, 4.69) is 10.2 Å². The molecule has 1 aromatic carbocycles. The lowest BCUT2D eigenvalue weighted by Gasteiger charge is -2.27. The third kappa shape index (κ3) is 2.53. The lowest BCUT2D eigenvalue weighted by Crippen LogP contribution is -2.42. The van der Waals surface area contributed by atoms with Crippen molar-refractivity contribution in [2.24, 2.45) is 0 Å². The monoisotopic (exact) mass is 193 g/mol. The van der Waals surface area contributed by atoms with Crippen molar-refractivity contribution >= 4 is 0 Å². The van der Waals surface area contributed by atoms with Crippen LogP contribution in [0.1, 0.15) is 5.56 Å². The second kappa shape index (κ2) is 4.53. The summed E-state index contributed by atoms with van der Waals surface area (Å²) in [6.07, 6.45) is 0. The molecule has 1 fully saturated rings. The Kier molecular flexibility index (Phi) is 3.11. The van der Waals surface area contributed by atoms with Gasteiger partial charge in [-0.2, -0.15) is 0 Å². The molecule has 1 heterocycles. The highest BCUT2D eigenvalue weighted by Crippen LogP contribution is 2.06. The molecule has 0 saturated carbocycles. The first-order valence-corrected chi connectivity index (χ1v) is 5.02. The van der Waals surface area contributed by atoms with Crippen molar-refractivity contribution in [3.8, 4) is 0 Å². The van der Waals surface area contributed by atoms with Crippen LogP contribution in [0, 0.1) is 5.82 Å². The van der Waals surface area contributed by atoms with Gasteiger partial charge in [0, 0.05) is 32.7 Å². The first-order chi connectivity index (χ1) is 6.84. The fourth-order valence-corrected chi connectivity index (χ4v) is 1.72. The topological polar surface area (TPSA) is 15.3 Å². The summed E-state index contributed by atoms with van der Waals surface area (Å²) in [5, 5.41) is 3.31. The maximum absolute atomic E-state index is 12.6. The second-order valence-electron chi connectivity index (χ2n) is 3.65. The third-order valence-corrected chi connectivity index (χ3v) is 2.53. The molecule has 2 nitrogen and oxygen atoms in total. The van der Waals surface area contributed by atoms with Crippen molar-refractivity contribution in [3.63, 3.8) is 0 Å². The zero-order valence-corrected chi connectivity index (χ0v) is 8.17. The standard InChI is InChI=1S/C11H15FN2/c12-11-3-1-10(2-4-11)9-14-7-5-13-6-8-14/h1-4,13H,5-9H2/i12-1. The number of hydrogen-bond acceptors (Lipinski definition) is 2. The van der Waals surface area contributed by atoms with Crippen LogP contribution in [-0.4, -0.2) is 31.1 Å². The molecule has 0 amide bonds. The van der Waals surface area contributed by atoms with E-state index >= 15 is 0 Å². The molecule has 0 aliphatic carbocycles. The van der Waals surface area contributed by atoms with Gasteiger partial charge in [0.25, 0.3) is 0 Å². The normalized spacial score (nSPS) is 18.4. The van der Waals surface area contributed by atoms with Crippen molar-refractivity contribution < 1.29 is 4.39 Å². The van der Waals surface area contributed by atoms with E-state index in [9.17, 15) is 4.39 Å². The molecule has 0 bridgehead atoms. The molecule has 0 radical (unpaired) electrons. The lowest BCUT2D eigenvalue weighted by atomic mass is 10.2. The third-order valence-electron chi connectivity index (χ3n) is 2.53. The average Bonchev–Trinajstić information content (AvgIpc) is 2.23. The van der Waals surface area contributed by atoms with Gasteiger partial charge in [-0.1, -0.05) is 12.1 Å². The highest BCUT2D eigenvalue weighted by Gasteiger charge is 2.09. The first-order valence-electron chi connectivity index (χ1n) is 5.02. The SMILES string of the molecule is [18F]c1ccc(CN2CCNCC2)cc1. The van der Waals surface area contributed by atoms with Crippen LogP contribution in [0.4, 0.5) is 4.39 Å². The Morgan fingerprint density at radius 1 is 1.14 bits per heavy atom. The summed E-state index contributed by atoms with van der Waals surface area (Å²) in [5.41, 5.74) is 1.19. The molecule has 0 unspecified atom stereocenters. The predicted octanol–water partition coefficient (Wildman–Crippen LogP) is 1.23. The molecule has 3 heteroatoms. The maximum Gasteiger partial charge on any atom is 0.123 e. The van der Waals surface area contributed by atoms with Crippen LogP contribution in [0.3, 0.4) is 0 Å². The van der Waals surface area contributed by atoms with E-state index in [4.69, 9.17) is 0 Å². The molecule has 0 spiro atoms. The van der Waals surface area contributed by atoms with Crippen LogP contribution in [0.2, 0.25) is 0 Å². The summed E-state index contributed by atoms with van der Waals surface area (Å²) in [6.45, 7) is 5.21. The maximum atomic E-state index is 12.6. The highest BCUT2D eigenvalue weighted by atomic mass is 18.2. The van der Waals surface area contributed by atoms with Gasteiger partial charge in [-0.3, -0.25) is 4.90 Å². The van der Waals surface area contributed by atoms with Crippen LogP contribution in [0.25, 0.3) is 0 Å². The lowest BCUT2D eigenvalue weighted by molar-refractivity contribution is 0.233. The van der Waals surface area contributed by atoms with Gasteiger partial charge in [-0.05, 0) is 17.7 Å². The minimum absolute atomic E-state index is 0.158. The molecular weight excluding hydrogens is 178 g/mol. The van der Waals surface area contributed by atoms with Gasteiger partial charge >= 0.3 is 0 Å². The zero-order chi connectivity index (χ0) is 9.80. The molecule has 1 aliphatic heterocycles. The first kappa shape index (κ1) is 9.62. The zero-order valence-electron chi connectivity index (χ0n) is 8.17. The number of nitrogens with zero attached hydrogens (tertiary/aromatic N) is 1. The summed E-state index contributed by atoms with van der Waals surface area (Å²) >= 11 is 0. The van der Waals surface area contributed by atoms with Gasteiger partial charge < -0.3 is 5.32 Å². The summed E-state index contributed by atoms with van der Waals surface area (Å²) in [7, 11) is 0. The van der Waals surface area contributed by atoms with Crippen molar-refractivity contribution in [2.75, 3.05) is 26.2 Å². The predicted molar refractivity (Wildman–Crippen MR) is 54.5 cm³/mol. The summed E-state index contributed by atoms with van der Waals surface area (Å²) in [4.78, 5) is 2.38. The highest BCUT2D eigenvalue weighted by molar-refractivity contribution is 5.15. The van der Waals surface area contributed by atoms with E-state index in [0.29, 0.717) is 0 Å². The molecule has 76 valence electrons. The molecule has 0 aromatic heterocycles. The van der Waals surface area contributed by atoms with Gasteiger partial charge in [0.2, 0.25) is 0 Å². The quantitative estimate of drug-likeness (QED) is 0.760. The Labute approximate surface area is 83.7 Å². The fraction of sp³-hybridized carbons (Fsp3) is 0.455. The van der Waals surface area contributed by atoms with Crippen molar-refractivity contribution in [2.45, 2.75) is 6.54 Å². The largest absolute Gasteiger partial charge is 0.314 e. The Balaban J connectivity index is 1.92. The molecule has 14 heavy (non-hydrogen) atoms. The van der Waals surface area contributed by atoms with Gasteiger partial charge in [0.05, 0.1) is 0 Å². The summed E-state index contributed by atoms with van der Waals surface area (Å²) < 4.78 is 12.6. The molecule has 1 saturated heterocycles. The van der Waals surface area contributed by atoms with Crippen molar-refractivity contribution in [3.05, 3.63) is 35.6 Å². The molecule has 1 aromatic rings. The van der Waals surface area contributed by atoms with Gasteiger partial charge in [-0.25, -0.2) is 4.39 Å². The molecule has 0 atom stereocenters. The van der Waals surface area contributed by atoms with E-state index < -0.39 is 0 Å². The van der Waals surface area contributed by atoms with E-state index in [-0.39, 0.29) is 5.82 Å². The Morgan fingerprint density at radius 2 is 1.79 bits per heavy atom. The van der Waals surface area contributed by atoms with Crippen LogP contribution >= 0.6 is 0 Å². The Hall–Kier alpha value is -0.930. The number of halogens is 1. The number of benzene rings is 1. The summed E-state index contributed by atoms with van der Waals surface area (Å²) in [5.74, 6) is -0.158. The van der Waals surface area contributed by atoms with Crippen LogP contribution < -0.4 is 5.32 Å². The summed E-state index contributed by atoms with van der Waals surface area (Å²) in [6, 6.07) is 6.77. The molecule has 1 N–H and O–H groups in total. The smallest absolute Gasteiger partial charge is 0.123 e. The van der Waals surface area contributed by atoms with Crippen molar-refractivity contribution in [1.82, 2.24) is 10.2 Å². The van der Waals surface area contributed by atoms with Gasteiger partial charge in [0.1, 0.15) is 5.82 Å². The minimum atomic E-state index is -0.158. The van der Waals surface area contributed by atoms with Crippen molar-refractivity contribution in [1.29, 1.82) is 0 Å². The van der Waals surface area contributed by atoms with E-state index in [1.807, 2.05) is 12.1 Å². The average molecular weight is 193 g/mol. The van der Waals surface area contributed by atoms with Gasteiger partial charge in [-0.15, -0.1) is 0 Å². The van der Waals surface area contributed by atoms with E-state index in [1.54, 1.807) is 0 Å². The van der Waals surface area contributed by atoms with E-state index in [0.717, 1.165) is 32.7 Å². The number of hydrogen-bond donors (Lipinski definition) is 1. The minimum Gasteiger partial charge on any atom is -0.314 e. The number of nitrogens with one attached hydrogen (secondary N) is 1. The molecular formula is C11H15FN2. The Morgan fingerprint density at radius 3 is 2.43 bits per heavy atom. The van der Waals surface area contributed by atoms with Crippen LogP contribution in [0.15, 0.2) is 24.3 Å². The van der Waals surface area contributed by atoms with E-state index in [1.165, 1.54) is 17.7 Å². The van der Waals surface area contributed by atoms with Crippen LogP contribution in [-0.2, 0) is 6.54 Å². The van der Waals surface area contributed by atoms with Crippen LogP contribution in [0.5, 0.6) is 0 Å². The molecule has 1 aliphatic rings. The Bertz CT molecular complexity index is 278.